The third-order valence-corrected chi connectivity index (χ3v) is 6.58. The van der Waals surface area contributed by atoms with Crippen LogP contribution in [0.15, 0.2) is 53.4 Å². The minimum atomic E-state index is -2.36. The molecule has 0 aliphatic heterocycles. The summed E-state index contributed by atoms with van der Waals surface area (Å²) in [6.07, 6.45) is 10.9. The van der Waals surface area contributed by atoms with Gasteiger partial charge in [-0.3, -0.25) is 0 Å². The van der Waals surface area contributed by atoms with Crippen molar-refractivity contribution in [2.24, 2.45) is 5.92 Å². The summed E-state index contributed by atoms with van der Waals surface area (Å²) in [6, 6.07) is 16.3. The van der Waals surface area contributed by atoms with Crippen LogP contribution in [0.4, 0.5) is 8.78 Å². The van der Waals surface area contributed by atoms with E-state index in [4.69, 9.17) is 0 Å². The van der Waals surface area contributed by atoms with E-state index >= 15 is 0 Å². The van der Waals surface area contributed by atoms with Gasteiger partial charge in [0.1, 0.15) is 0 Å². The molecule has 146 valence electrons. The average Bonchev–Trinajstić information content (AvgIpc) is 2.69. The van der Waals surface area contributed by atoms with E-state index in [0.29, 0.717) is 22.6 Å². The number of hydrogen-bond acceptors (Lipinski definition) is 1. The van der Waals surface area contributed by atoms with Gasteiger partial charge in [0.2, 0.25) is 0 Å². The van der Waals surface area contributed by atoms with Crippen LogP contribution in [-0.2, 0) is 0 Å². The van der Waals surface area contributed by atoms with E-state index in [0.717, 1.165) is 17.0 Å². The van der Waals surface area contributed by atoms with E-state index in [1.54, 1.807) is 12.1 Å². The lowest BCUT2D eigenvalue weighted by Crippen LogP contribution is -2.13. The van der Waals surface area contributed by atoms with Gasteiger partial charge in [0.05, 0.1) is 0 Å². The standard InChI is InChI=1S/C24H30F2S/c1-2-3-4-5-18-6-8-19(9-7-18)20-10-12-21(13-11-20)22-14-16-23(17-15-22)27-24(25)26/h10-19,24H,2-9H2,1H3. The first-order valence-corrected chi connectivity index (χ1v) is 11.2. The Morgan fingerprint density at radius 3 is 2.00 bits per heavy atom. The van der Waals surface area contributed by atoms with Crippen LogP contribution in [-0.4, -0.2) is 5.76 Å². The molecule has 0 heterocycles. The number of hydrogen-bond donors (Lipinski definition) is 0. The minimum absolute atomic E-state index is 0.596. The topological polar surface area (TPSA) is 0 Å². The molecule has 3 rings (SSSR count). The van der Waals surface area contributed by atoms with Crippen LogP contribution < -0.4 is 0 Å². The third-order valence-electron chi connectivity index (χ3n) is 5.86. The Hall–Kier alpha value is -1.35. The lowest BCUT2D eigenvalue weighted by atomic mass is 9.77. The molecule has 27 heavy (non-hydrogen) atoms. The number of thioether (sulfide) groups is 1. The summed E-state index contributed by atoms with van der Waals surface area (Å²) in [6.45, 7) is 2.28. The van der Waals surface area contributed by atoms with Gasteiger partial charge in [-0.05, 0) is 66.3 Å². The van der Waals surface area contributed by atoms with Gasteiger partial charge in [-0.25, -0.2) is 0 Å². The number of alkyl halides is 2. The fraction of sp³-hybridized carbons (Fsp3) is 0.500. The molecule has 0 radical (unpaired) electrons. The molecule has 2 aromatic carbocycles. The first-order chi connectivity index (χ1) is 13.2. The molecule has 0 amide bonds. The van der Waals surface area contributed by atoms with Crippen molar-refractivity contribution in [2.45, 2.75) is 74.9 Å². The van der Waals surface area contributed by atoms with Crippen LogP contribution in [0.2, 0.25) is 0 Å². The van der Waals surface area contributed by atoms with E-state index in [2.05, 4.69) is 31.2 Å². The van der Waals surface area contributed by atoms with E-state index in [1.165, 1.54) is 56.9 Å². The Bertz CT molecular complexity index is 671. The van der Waals surface area contributed by atoms with Crippen molar-refractivity contribution in [3.8, 4) is 11.1 Å². The van der Waals surface area contributed by atoms with Gasteiger partial charge in [0.15, 0.2) is 0 Å². The van der Waals surface area contributed by atoms with Gasteiger partial charge < -0.3 is 0 Å². The summed E-state index contributed by atoms with van der Waals surface area (Å²) in [5.74, 6) is -0.722. The maximum absolute atomic E-state index is 12.4. The SMILES string of the molecule is CCCCCC1CCC(c2ccc(-c3ccc(SC(F)F)cc3)cc2)CC1. The number of benzene rings is 2. The van der Waals surface area contributed by atoms with Crippen molar-refractivity contribution in [2.75, 3.05) is 0 Å². The largest absolute Gasteiger partial charge is 0.288 e. The fourth-order valence-electron chi connectivity index (χ4n) is 4.24. The summed E-state index contributed by atoms with van der Waals surface area (Å²) < 4.78 is 24.9. The van der Waals surface area contributed by atoms with Crippen LogP contribution in [0.25, 0.3) is 11.1 Å². The van der Waals surface area contributed by atoms with E-state index < -0.39 is 5.76 Å². The molecule has 0 atom stereocenters. The highest BCUT2D eigenvalue weighted by Gasteiger charge is 2.22. The number of rotatable bonds is 8. The molecular weight excluding hydrogens is 358 g/mol. The molecule has 0 N–H and O–H groups in total. The van der Waals surface area contributed by atoms with Crippen molar-refractivity contribution in [3.63, 3.8) is 0 Å². The molecule has 2 aromatic rings. The molecule has 0 aromatic heterocycles. The summed E-state index contributed by atoms with van der Waals surface area (Å²) >= 11 is 0.596. The third kappa shape index (κ3) is 6.07. The normalized spacial score (nSPS) is 20.1. The predicted octanol–water partition coefficient (Wildman–Crippen LogP) is 8.52. The lowest BCUT2D eigenvalue weighted by Gasteiger charge is -2.29. The van der Waals surface area contributed by atoms with Crippen LogP contribution >= 0.6 is 11.8 Å². The van der Waals surface area contributed by atoms with Crippen LogP contribution in [0.1, 0.15) is 69.8 Å². The van der Waals surface area contributed by atoms with E-state index in [1.807, 2.05) is 12.1 Å². The molecule has 1 fully saturated rings. The van der Waals surface area contributed by atoms with Crippen molar-refractivity contribution >= 4 is 11.8 Å². The molecule has 0 nitrogen and oxygen atoms in total. The monoisotopic (exact) mass is 388 g/mol. The van der Waals surface area contributed by atoms with Gasteiger partial charge in [-0.2, -0.15) is 8.78 Å². The lowest BCUT2D eigenvalue weighted by molar-refractivity contribution is 0.252. The maximum atomic E-state index is 12.4. The first-order valence-electron chi connectivity index (χ1n) is 10.3. The molecule has 1 aliphatic carbocycles. The van der Waals surface area contributed by atoms with Gasteiger partial charge in [0.25, 0.3) is 5.76 Å². The van der Waals surface area contributed by atoms with Crippen molar-refractivity contribution in [1.29, 1.82) is 0 Å². The highest BCUT2D eigenvalue weighted by atomic mass is 32.2. The second kappa shape index (κ2) is 10.3. The van der Waals surface area contributed by atoms with E-state index in [9.17, 15) is 8.78 Å². The van der Waals surface area contributed by atoms with Gasteiger partial charge in [-0.1, -0.05) is 80.8 Å². The first kappa shape index (κ1) is 20.4. The van der Waals surface area contributed by atoms with Crippen molar-refractivity contribution in [3.05, 3.63) is 54.1 Å². The Balaban J connectivity index is 1.55. The molecule has 0 spiro atoms. The predicted molar refractivity (Wildman–Crippen MR) is 113 cm³/mol. The summed E-state index contributed by atoms with van der Waals surface area (Å²) in [4.78, 5) is 0.612. The smallest absolute Gasteiger partial charge is 0.198 e. The van der Waals surface area contributed by atoms with Gasteiger partial charge in [0, 0.05) is 4.90 Å². The second-order valence-electron chi connectivity index (χ2n) is 7.74. The Morgan fingerprint density at radius 2 is 1.44 bits per heavy atom. The Labute approximate surface area is 166 Å². The zero-order valence-corrected chi connectivity index (χ0v) is 17.0. The molecule has 0 unspecified atom stereocenters. The van der Waals surface area contributed by atoms with Crippen LogP contribution in [0, 0.1) is 5.92 Å². The fourth-order valence-corrected chi connectivity index (χ4v) is 4.74. The molecule has 1 saturated carbocycles. The summed E-state index contributed by atoms with van der Waals surface area (Å²) in [5.41, 5.74) is 3.69. The Morgan fingerprint density at radius 1 is 0.852 bits per heavy atom. The maximum Gasteiger partial charge on any atom is 0.288 e. The second-order valence-corrected chi connectivity index (χ2v) is 8.80. The Kier molecular flexibility index (Phi) is 7.75. The molecule has 0 saturated heterocycles. The zero-order chi connectivity index (χ0) is 19.1. The zero-order valence-electron chi connectivity index (χ0n) is 16.2. The van der Waals surface area contributed by atoms with Crippen molar-refractivity contribution in [1.82, 2.24) is 0 Å². The van der Waals surface area contributed by atoms with Gasteiger partial charge >= 0.3 is 0 Å². The van der Waals surface area contributed by atoms with Gasteiger partial charge in [-0.15, -0.1) is 0 Å². The quantitative estimate of drug-likeness (QED) is 0.322. The highest BCUT2D eigenvalue weighted by molar-refractivity contribution is 7.99. The molecule has 3 heteroatoms. The van der Waals surface area contributed by atoms with Crippen molar-refractivity contribution < 1.29 is 8.78 Å². The molecule has 0 bridgehead atoms. The summed E-state index contributed by atoms with van der Waals surface area (Å²) in [5, 5.41) is 0. The molecular formula is C24H30F2S. The molecule has 1 aliphatic rings. The summed E-state index contributed by atoms with van der Waals surface area (Å²) in [7, 11) is 0. The average molecular weight is 389 g/mol. The highest BCUT2D eigenvalue weighted by Crippen LogP contribution is 2.38. The van der Waals surface area contributed by atoms with Crippen LogP contribution in [0.3, 0.4) is 0 Å². The van der Waals surface area contributed by atoms with Crippen LogP contribution in [0.5, 0.6) is 0 Å². The minimum Gasteiger partial charge on any atom is -0.198 e. The van der Waals surface area contributed by atoms with E-state index in [-0.39, 0.29) is 0 Å². The number of unbranched alkanes of at least 4 members (excludes halogenated alkanes) is 2. The number of halogens is 2.